The first-order valence-electron chi connectivity index (χ1n) is 5.42. The number of nitrogens with zero attached hydrogens (tertiary/aromatic N) is 3. The van der Waals surface area contributed by atoms with E-state index in [2.05, 4.69) is 16.9 Å². The predicted octanol–water partition coefficient (Wildman–Crippen LogP) is 0.317. The van der Waals surface area contributed by atoms with Crippen LogP contribution in [0.3, 0.4) is 0 Å². The normalized spacial score (nSPS) is 18.2. The summed E-state index contributed by atoms with van der Waals surface area (Å²) in [6.07, 6.45) is 0. The van der Waals surface area contributed by atoms with Crippen LogP contribution in [0.1, 0.15) is 12.6 Å². The summed E-state index contributed by atoms with van der Waals surface area (Å²) >= 11 is 0. The monoisotopic (exact) mass is 210 g/mol. The number of hydrogen-bond acceptors (Lipinski definition) is 4. The Morgan fingerprint density at radius 2 is 2.20 bits per heavy atom. The molecule has 84 valence electrons. The van der Waals surface area contributed by atoms with Crippen LogP contribution in [-0.2, 0) is 17.8 Å². The number of nitrogens with two attached hydrogens (primary N) is 1. The summed E-state index contributed by atoms with van der Waals surface area (Å²) in [6.45, 7) is 7.52. The van der Waals surface area contributed by atoms with E-state index in [0.29, 0.717) is 5.82 Å². The summed E-state index contributed by atoms with van der Waals surface area (Å²) in [4.78, 5) is 2.37. The van der Waals surface area contributed by atoms with Crippen LogP contribution in [0.2, 0.25) is 0 Å². The van der Waals surface area contributed by atoms with Crippen LogP contribution in [0.5, 0.6) is 0 Å². The van der Waals surface area contributed by atoms with Crippen LogP contribution in [0.4, 0.5) is 5.82 Å². The minimum atomic E-state index is 0.611. The number of rotatable bonds is 3. The lowest BCUT2D eigenvalue weighted by Crippen LogP contribution is -2.36. The summed E-state index contributed by atoms with van der Waals surface area (Å²) in [5.74, 6) is 0.611. The summed E-state index contributed by atoms with van der Waals surface area (Å²) in [6, 6.07) is 1.96. The molecule has 1 aliphatic heterocycles. The highest BCUT2D eigenvalue weighted by Gasteiger charge is 2.13. The van der Waals surface area contributed by atoms with Crippen molar-refractivity contribution in [2.75, 3.05) is 32.0 Å². The lowest BCUT2D eigenvalue weighted by Gasteiger charge is -2.26. The topological polar surface area (TPSA) is 56.3 Å². The summed E-state index contributed by atoms with van der Waals surface area (Å²) in [7, 11) is 0. The maximum Gasteiger partial charge on any atom is 0.145 e. The van der Waals surface area contributed by atoms with Gasteiger partial charge in [0, 0.05) is 32.2 Å². The highest BCUT2D eigenvalue weighted by Crippen LogP contribution is 2.10. The molecule has 0 atom stereocenters. The van der Waals surface area contributed by atoms with E-state index in [1.807, 2.05) is 10.7 Å². The summed E-state index contributed by atoms with van der Waals surface area (Å²) < 4.78 is 7.27. The van der Waals surface area contributed by atoms with Crippen molar-refractivity contribution in [1.82, 2.24) is 14.7 Å². The first-order chi connectivity index (χ1) is 7.29. The first kappa shape index (κ1) is 10.4. The molecule has 0 bridgehead atoms. The third-order valence-corrected chi connectivity index (χ3v) is 2.67. The zero-order valence-electron chi connectivity index (χ0n) is 9.15. The molecule has 2 rings (SSSR count). The van der Waals surface area contributed by atoms with Crippen molar-refractivity contribution in [3.05, 3.63) is 11.8 Å². The highest BCUT2D eigenvalue weighted by atomic mass is 16.5. The second kappa shape index (κ2) is 4.63. The zero-order valence-corrected chi connectivity index (χ0v) is 9.15. The summed E-state index contributed by atoms with van der Waals surface area (Å²) in [5.41, 5.74) is 6.88. The van der Waals surface area contributed by atoms with E-state index in [1.165, 1.54) is 5.69 Å². The van der Waals surface area contributed by atoms with Gasteiger partial charge in [-0.25, -0.2) is 0 Å². The lowest BCUT2D eigenvalue weighted by molar-refractivity contribution is 0.0330. The van der Waals surface area contributed by atoms with E-state index in [9.17, 15) is 0 Å². The van der Waals surface area contributed by atoms with Gasteiger partial charge in [-0.2, -0.15) is 5.10 Å². The van der Waals surface area contributed by atoms with Gasteiger partial charge in [-0.15, -0.1) is 0 Å². The molecule has 1 aliphatic rings. The number of nitrogen functional groups attached to an aromatic ring is 1. The van der Waals surface area contributed by atoms with Crippen LogP contribution in [0.15, 0.2) is 6.07 Å². The third-order valence-electron chi connectivity index (χ3n) is 2.67. The fourth-order valence-electron chi connectivity index (χ4n) is 1.87. The number of aryl methyl sites for hydroxylation is 1. The average molecular weight is 210 g/mol. The number of anilines is 1. The van der Waals surface area contributed by atoms with Gasteiger partial charge < -0.3 is 10.5 Å². The van der Waals surface area contributed by atoms with Gasteiger partial charge in [0.1, 0.15) is 5.82 Å². The summed E-state index contributed by atoms with van der Waals surface area (Å²) in [5, 5.41) is 4.23. The van der Waals surface area contributed by atoms with Crippen molar-refractivity contribution in [1.29, 1.82) is 0 Å². The van der Waals surface area contributed by atoms with Gasteiger partial charge in [0.25, 0.3) is 0 Å². The molecule has 0 unspecified atom stereocenters. The van der Waals surface area contributed by atoms with Crippen LogP contribution in [0.25, 0.3) is 0 Å². The van der Waals surface area contributed by atoms with E-state index >= 15 is 0 Å². The lowest BCUT2D eigenvalue weighted by atomic mass is 10.3. The Kier molecular flexibility index (Phi) is 3.23. The van der Waals surface area contributed by atoms with Crippen LogP contribution >= 0.6 is 0 Å². The Balaban J connectivity index is 2.02. The predicted molar refractivity (Wildman–Crippen MR) is 58.4 cm³/mol. The standard InChI is InChI=1S/C10H18N4O/c1-2-14-9(7-10(11)12-14)8-13-3-5-15-6-4-13/h7H,2-6,8H2,1H3,(H2,11,12). The molecule has 1 aromatic rings. The Hall–Kier alpha value is -1.07. The minimum Gasteiger partial charge on any atom is -0.382 e. The molecular formula is C10H18N4O. The maximum absolute atomic E-state index is 5.68. The third kappa shape index (κ3) is 2.49. The van der Waals surface area contributed by atoms with E-state index < -0.39 is 0 Å². The first-order valence-corrected chi connectivity index (χ1v) is 5.42. The number of ether oxygens (including phenoxy) is 1. The maximum atomic E-state index is 5.68. The number of hydrogen-bond donors (Lipinski definition) is 1. The molecule has 0 amide bonds. The second-order valence-electron chi connectivity index (χ2n) is 3.76. The van der Waals surface area contributed by atoms with Crippen LogP contribution in [-0.4, -0.2) is 41.0 Å². The van der Waals surface area contributed by atoms with Crippen molar-refractivity contribution in [2.24, 2.45) is 0 Å². The number of morpholine rings is 1. The van der Waals surface area contributed by atoms with Crippen LogP contribution < -0.4 is 5.73 Å². The zero-order chi connectivity index (χ0) is 10.7. The molecule has 0 aromatic carbocycles. The van der Waals surface area contributed by atoms with Gasteiger partial charge in [-0.1, -0.05) is 0 Å². The smallest absolute Gasteiger partial charge is 0.145 e. The van der Waals surface area contributed by atoms with Gasteiger partial charge in [0.15, 0.2) is 0 Å². The van der Waals surface area contributed by atoms with Crippen molar-refractivity contribution in [2.45, 2.75) is 20.0 Å². The van der Waals surface area contributed by atoms with E-state index in [1.54, 1.807) is 0 Å². The molecule has 5 nitrogen and oxygen atoms in total. The quantitative estimate of drug-likeness (QED) is 0.780. The van der Waals surface area contributed by atoms with Crippen molar-refractivity contribution >= 4 is 5.82 Å². The molecule has 1 aromatic heterocycles. The molecule has 5 heteroatoms. The molecule has 0 saturated carbocycles. The Morgan fingerprint density at radius 3 is 2.87 bits per heavy atom. The molecule has 1 fully saturated rings. The Bertz CT molecular complexity index is 317. The van der Waals surface area contributed by atoms with Gasteiger partial charge in [-0.05, 0) is 6.92 Å². The molecular weight excluding hydrogens is 192 g/mol. The SMILES string of the molecule is CCn1nc(N)cc1CN1CCOCC1. The van der Waals surface area contributed by atoms with Gasteiger partial charge in [-0.3, -0.25) is 9.58 Å². The van der Waals surface area contributed by atoms with Crippen molar-refractivity contribution < 1.29 is 4.74 Å². The largest absolute Gasteiger partial charge is 0.382 e. The Morgan fingerprint density at radius 1 is 1.47 bits per heavy atom. The fourth-order valence-corrected chi connectivity index (χ4v) is 1.87. The molecule has 2 heterocycles. The minimum absolute atomic E-state index is 0.611. The average Bonchev–Trinajstić information content (AvgIpc) is 2.60. The van der Waals surface area contributed by atoms with Crippen molar-refractivity contribution in [3.8, 4) is 0 Å². The second-order valence-corrected chi connectivity index (χ2v) is 3.76. The van der Waals surface area contributed by atoms with Gasteiger partial charge in [0.2, 0.25) is 0 Å². The molecule has 0 radical (unpaired) electrons. The molecule has 1 saturated heterocycles. The van der Waals surface area contributed by atoms with Gasteiger partial charge >= 0.3 is 0 Å². The van der Waals surface area contributed by atoms with E-state index in [0.717, 1.165) is 39.4 Å². The van der Waals surface area contributed by atoms with E-state index in [-0.39, 0.29) is 0 Å². The van der Waals surface area contributed by atoms with E-state index in [4.69, 9.17) is 10.5 Å². The molecule has 2 N–H and O–H groups in total. The molecule has 0 spiro atoms. The molecule has 15 heavy (non-hydrogen) atoms. The molecule has 0 aliphatic carbocycles. The van der Waals surface area contributed by atoms with Crippen molar-refractivity contribution in [3.63, 3.8) is 0 Å². The Labute approximate surface area is 89.8 Å². The highest BCUT2D eigenvalue weighted by molar-refractivity contribution is 5.29. The fraction of sp³-hybridized carbons (Fsp3) is 0.700. The van der Waals surface area contributed by atoms with Gasteiger partial charge in [0.05, 0.1) is 18.9 Å². The number of aromatic nitrogens is 2. The van der Waals surface area contributed by atoms with Crippen LogP contribution in [0, 0.1) is 0 Å².